The van der Waals surface area contributed by atoms with Crippen molar-refractivity contribution in [2.24, 2.45) is 11.8 Å². The molecule has 8 heavy (non-hydrogen) atoms. The number of hydrogen-bond donors (Lipinski definition) is 0. The molecule has 1 saturated heterocycles. The molecule has 46 valence electrons. The highest BCUT2D eigenvalue weighted by Crippen LogP contribution is 2.36. The second-order valence-electron chi connectivity index (χ2n) is 3.08. The molecule has 0 N–H and O–H groups in total. The Balaban J connectivity index is 1.66. The highest BCUT2D eigenvalue weighted by atomic mass is 16.5. The summed E-state index contributed by atoms with van der Waals surface area (Å²) in [7, 11) is 0. The minimum atomic E-state index is 0.947. The van der Waals surface area contributed by atoms with Gasteiger partial charge >= 0.3 is 0 Å². The molecule has 0 aromatic carbocycles. The molecule has 1 saturated carbocycles. The predicted octanol–water partition coefficient (Wildman–Crippen LogP) is 1.43. The van der Waals surface area contributed by atoms with Crippen molar-refractivity contribution in [3.8, 4) is 0 Å². The zero-order valence-electron chi connectivity index (χ0n) is 5.10. The van der Waals surface area contributed by atoms with Gasteiger partial charge in [-0.15, -0.1) is 0 Å². The third-order valence-corrected chi connectivity index (χ3v) is 2.07. The summed E-state index contributed by atoms with van der Waals surface area (Å²) in [6.45, 7) is 2.10. The molecule has 0 spiro atoms. The van der Waals surface area contributed by atoms with Crippen molar-refractivity contribution < 1.29 is 4.74 Å². The average molecular weight is 112 g/mol. The molecule has 0 aromatic heterocycles. The Bertz CT molecular complexity index is 82.4. The first-order valence-electron chi connectivity index (χ1n) is 3.53. The van der Waals surface area contributed by atoms with Crippen LogP contribution in [0.2, 0.25) is 0 Å². The molecule has 1 heteroatoms. The van der Waals surface area contributed by atoms with Gasteiger partial charge in [-0.1, -0.05) is 12.8 Å². The Morgan fingerprint density at radius 3 is 2.25 bits per heavy atom. The standard InChI is InChI=1S/C7H12O/c1-2-6(1)3-7-4-8-5-7/h6-7H,1-5H2. The van der Waals surface area contributed by atoms with Crippen LogP contribution in [-0.4, -0.2) is 13.2 Å². The van der Waals surface area contributed by atoms with Crippen molar-refractivity contribution >= 4 is 0 Å². The lowest BCUT2D eigenvalue weighted by atomic mass is 10.0. The summed E-state index contributed by atoms with van der Waals surface area (Å²) in [4.78, 5) is 0. The molecule has 0 bridgehead atoms. The molecule has 0 atom stereocenters. The van der Waals surface area contributed by atoms with Crippen molar-refractivity contribution in [1.29, 1.82) is 0 Å². The van der Waals surface area contributed by atoms with Gasteiger partial charge in [-0.25, -0.2) is 0 Å². The molecule has 0 amide bonds. The Kier molecular flexibility index (Phi) is 1.04. The Labute approximate surface area is 50.0 Å². The fourth-order valence-corrected chi connectivity index (χ4v) is 1.25. The third kappa shape index (κ3) is 0.873. The van der Waals surface area contributed by atoms with Gasteiger partial charge in [0.05, 0.1) is 13.2 Å². The van der Waals surface area contributed by atoms with Gasteiger partial charge in [-0.05, 0) is 12.3 Å². The largest absolute Gasteiger partial charge is 0.381 e. The normalized spacial score (nSPS) is 30.0. The predicted molar refractivity (Wildman–Crippen MR) is 31.6 cm³/mol. The Morgan fingerprint density at radius 2 is 1.88 bits per heavy atom. The van der Waals surface area contributed by atoms with Crippen LogP contribution in [0.25, 0.3) is 0 Å². The summed E-state index contributed by atoms with van der Waals surface area (Å²) < 4.78 is 5.06. The van der Waals surface area contributed by atoms with Crippen LogP contribution in [0.15, 0.2) is 0 Å². The smallest absolute Gasteiger partial charge is 0.0516 e. The number of hydrogen-bond acceptors (Lipinski definition) is 1. The van der Waals surface area contributed by atoms with Crippen LogP contribution < -0.4 is 0 Å². The van der Waals surface area contributed by atoms with E-state index in [1.54, 1.807) is 0 Å². The maximum atomic E-state index is 5.06. The van der Waals surface area contributed by atoms with Crippen LogP contribution >= 0.6 is 0 Å². The maximum absolute atomic E-state index is 5.06. The van der Waals surface area contributed by atoms with Crippen LogP contribution in [0.1, 0.15) is 19.3 Å². The zero-order chi connectivity index (χ0) is 5.40. The van der Waals surface area contributed by atoms with Crippen molar-refractivity contribution in [1.82, 2.24) is 0 Å². The SMILES string of the molecule is C1CC1CC1COC1. The van der Waals surface area contributed by atoms with Crippen LogP contribution in [0.3, 0.4) is 0 Å². The molecular formula is C7H12O. The Hall–Kier alpha value is -0.0400. The van der Waals surface area contributed by atoms with Crippen molar-refractivity contribution in [2.45, 2.75) is 19.3 Å². The first-order valence-corrected chi connectivity index (χ1v) is 3.53. The lowest BCUT2D eigenvalue weighted by Crippen LogP contribution is -2.27. The summed E-state index contributed by atoms with van der Waals surface area (Å²) in [5.74, 6) is 2.05. The van der Waals surface area contributed by atoms with Gasteiger partial charge in [0.15, 0.2) is 0 Å². The summed E-state index contributed by atoms with van der Waals surface area (Å²) in [6.07, 6.45) is 4.45. The maximum Gasteiger partial charge on any atom is 0.0516 e. The summed E-state index contributed by atoms with van der Waals surface area (Å²) in [6, 6.07) is 0. The van der Waals surface area contributed by atoms with E-state index in [1.807, 2.05) is 0 Å². The Morgan fingerprint density at radius 1 is 1.12 bits per heavy atom. The summed E-state index contributed by atoms with van der Waals surface area (Å²) in [5.41, 5.74) is 0. The van der Waals surface area contributed by atoms with Crippen molar-refractivity contribution in [3.63, 3.8) is 0 Å². The van der Waals surface area contributed by atoms with Crippen molar-refractivity contribution in [2.75, 3.05) is 13.2 Å². The molecule has 0 radical (unpaired) electrons. The first-order chi connectivity index (χ1) is 3.95. The lowest BCUT2D eigenvalue weighted by Gasteiger charge is -2.25. The topological polar surface area (TPSA) is 9.23 Å². The molecule has 1 aliphatic carbocycles. The fraction of sp³-hybridized carbons (Fsp3) is 1.00. The van der Waals surface area contributed by atoms with Crippen molar-refractivity contribution in [3.05, 3.63) is 0 Å². The van der Waals surface area contributed by atoms with Crippen LogP contribution in [0, 0.1) is 11.8 Å². The van der Waals surface area contributed by atoms with Gasteiger partial charge in [0.25, 0.3) is 0 Å². The molecule has 2 aliphatic rings. The van der Waals surface area contributed by atoms with Gasteiger partial charge < -0.3 is 4.74 Å². The van der Waals surface area contributed by atoms with E-state index in [4.69, 9.17) is 4.74 Å². The monoisotopic (exact) mass is 112 g/mol. The second-order valence-corrected chi connectivity index (χ2v) is 3.08. The highest BCUT2D eigenvalue weighted by Gasteiger charge is 2.28. The van der Waals surface area contributed by atoms with E-state index in [1.165, 1.54) is 19.3 Å². The first kappa shape index (κ1) is 4.80. The van der Waals surface area contributed by atoms with Gasteiger partial charge in [0, 0.05) is 5.92 Å². The highest BCUT2D eigenvalue weighted by molar-refractivity contribution is 4.78. The van der Waals surface area contributed by atoms with E-state index in [-0.39, 0.29) is 0 Å². The summed E-state index contributed by atoms with van der Waals surface area (Å²) in [5, 5.41) is 0. The molecule has 1 heterocycles. The van der Waals surface area contributed by atoms with E-state index in [0.29, 0.717) is 0 Å². The molecule has 2 fully saturated rings. The molecule has 1 aliphatic heterocycles. The number of ether oxygens (including phenoxy) is 1. The molecular weight excluding hydrogens is 100 g/mol. The minimum absolute atomic E-state index is 0.947. The van der Waals surface area contributed by atoms with E-state index in [9.17, 15) is 0 Å². The minimum Gasteiger partial charge on any atom is -0.381 e. The molecule has 0 aromatic rings. The average Bonchev–Trinajstić information content (AvgIpc) is 2.36. The van der Waals surface area contributed by atoms with E-state index >= 15 is 0 Å². The third-order valence-electron chi connectivity index (χ3n) is 2.07. The molecule has 2 rings (SSSR count). The number of rotatable bonds is 2. The molecule has 1 nitrogen and oxygen atoms in total. The van der Waals surface area contributed by atoms with Crippen LogP contribution in [0.4, 0.5) is 0 Å². The van der Waals surface area contributed by atoms with E-state index in [0.717, 1.165) is 25.0 Å². The second kappa shape index (κ2) is 1.73. The molecule has 0 unspecified atom stereocenters. The lowest BCUT2D eigenvalue weighted by molar-refractivity contribution is -0.0378. The van der Waals surface area contributed by atoms with Gasteiger partial charge in [-0.3, -0.25) is 0 Å². The van der Waals surface area contributed by atoms with E-state index in [2.05, 4.69) is 0 Å². The van der Waals surface area contributed by atoms with Crippen LogP contribution in [-0.2, 0) is 4.74 Å². The van der Waals surface area contributed by atoms with E-state index < -0.39 is 0 Å². The van der Waals surface area contributed by atoms with Gasteiger partial charge in [0.2, 0.25) is 0 Å². The quantitative estimate of drug-likeness (QED) is 0.525. The zero-order valence-corrected chi connectivity index (χ0v) is 5.10. The van der Waals surface area contributed by atoms with Gasteiger partial charge in [0.1, 0.15) is 0 Å². The van der Waals surface area contributed by atoms with Gasteiger partial charge in [-0.2, -0.15) is 0 Å². The fourth-order valence-electron chi connectivity index (χ4n) is 1.25. The van der Waals surface area contributed by atoms with Crippen LogP contribution in [0.5, 0.6) is 0 Å². The summed E-state index contributed by atoms with van der Waals surface area (Å²) >= 11 is 0.